The molecule has 0 amide bonds. The van der Waals surface area contributed by atoms with Crippen molar-refractivity contribution >= 4 is 46.4 Å². The molecule has 96 valence electrons. The van der Waals surface area contributed by atoms with E-state index in [0.29, 0.717) is 16.5 Å². The van der Waals surface area contributed by atoms with Gasteiger partial charge in [0.15, 0.2) is 5.82 Å². The van der Waals surface area contributed by atoms with Gasteiger partial charge < -0.3 is 5.11 Å². The number of rotatable bonds is 2. The van der Waals surface area contributed by atoms with Crippen LogP contribution in [0.4, 0.5) is 0 Å². The maximum atomic E-state index is 9.10. The lowest BCUT2D eigenvalue weighted by molar-refractivity contribution is 0.276. The van der Waals surface area contributed by atoms with E-state index in [2.05, 4.69) is 10.1 Å². The molecule has 0 unspecified atom stereocenters. The summed E-state index contributed by atoms with van der Waals surface area (Å²) in [6.45, 7) is -0.273. The number of pyridine rings is 1. The van der Waals surface area contributed by atoms with Crippen molar-refractivity contribution in [2.45, 2.75) is 10.4 Å². The summed E-state index contributed by atoms with van der Waals surface area (Å²) in [5, 5.41) is 13.6. The Kier molecular flexibility index (Phi) is 4.04. The molecule has 1 N–H and O–H groups in total. The average Bonchev–Trinajstić information content (AvgIpc) is 2.73. The van der Waals surface area contributed by atoms with Crippen LogP contribution in [0.25, 0.3) is 5.82 Å². The van der Waals surface area contributed by atoms with Crippen LogP contribution >= 0.6 is 46.4 Å². The molecular weight excluding hydrogens is 320 g/mol. The van der Waals surface area contributed by atoms with Crippen molar-refractivity contribution in [2.24, 2.45) is 0 Å². The molecule has 2 rings (SSSR count). The van der Waals surface area contributed by atoms with Crippen LogP contribution in [-0.2, 0) is 10.4 Å². The van der Waals surface area contributed by atoms with E-state index in [-0.39, 0.29) is 12.3 Å². The van der Waals surface area contributed by atoms with E-state index in [4.69, 9.17) is 51.5 Å². The Hall–Kier alpha value is -0.520. The number of hydrogen-bond acceptors (Lipinski definition) is 3. The van der Waals surface area contributed by atoms with Gasteiger partial charge in [-0.2, -0.15) is 5.10 Å². The van der Waals surface area contributed by atoms with Gasteiger partial charge in [0.05, 0.1) is 23.0 Å². The molecule has 0 aliphatic rings. The van der Waals surface area contributed by atoms with Gasteiger partial charge >= 0.3 is 0 Å². The minimum atomic E-state index is -1.69. The first-order valence-electron chi connectivity index (χ1n) is 4.81. The molecule has 0 aromatic carbocycles. The van der Waals surface area contributed by atoms with E-state index in [1.165, 1.54) is 10.7 Å². The lowest BCUT2D eigenvalue weighted by Gasteiger charge is -2.13. The van der Waals surface area contributed by atoms with Crippen LogP contribution in [0.3, 0.4) is 0 Å². The Balaban J connectivity index is 2.64. The molecule has 2 aromatic rings. The zero-order valence-electron chi connectivity index (χ0n) is 8.82. The Labute approximate surface area is 123 Å². The maximum absolute atomic E-state index is 9.10. The summed E-state index contributed by atoms with van der Waals surface area (Å²) in [7, 11) is 0. The quantitative estimate of drug-likeness (QED) is 0.862. The van der Waals surface area contributed by atoms with Crippen molar-refractivity contribution < 1.29 is 5.11 Å². The zero-order valence-corrected chi connectivity index (χ0v) is 11.8. The minimum Gasteiger partial charge on any atom is -0.390 e. The summed E-state index contributed by atoms with van der Waals surface area (Å²) in [5.41, 5.74) is 0.621. The molecule has 0 spiro atoms. The number of alkyl halides is 3. The van der Waals surface area contributed by atoms with Gasteiger partial charge in [-0.05, 0) is 18.2 Å². The van der Waals surface area contributed by atoms with E-state index in [0.717, 1.165) is 0 Å². The molecule has 0 radical (unpaired) electrons. The smallest absolute Gasteiger partial charge is 0.232 e. The Morgan fingerprint density at radius 3 is 2.61 bits per heavy atom. The molecule has 0 aliphatic heterocycles. The van der Waals surface area contributed by atoms with Crippen LogP contribution in [0.2, 0.25) is 5.02 Å². The van der Waals surface area contributed by atoms with E-state index >= 15 is 0 Å². The van der Waals surface area contributed by atoms with Crippen LogP contribution < -0.4 is 0 Å². The second kappa shape index (κ2) is 5.23. The van der Waals surface area contributed by atoms with Crippen molar-refractivity contribution in [1.82, 2.24) is 14.8 Å². The van der Waals surface area contributed by atoms with E-state index in [1.807, 2.05) is 0 Å². The van der Waals surface area contributed by atoms with Gasteiger partial charge in [-0.15, -0.1) is 0 Å². The highest BCUT2D eigenvalue weighted by atomic mass is 35.6. The molecule has 4 nitrogen and oxygen atoms in total. The standard InChI is InChI=1S/C10H7Cl4N3O/c11-7-2-1-3-15-9(7)17-8(10(12,13)14)4-6(5-18)16-17/h1-4,18H,5H2. The van der Waals surface area contributed by atoms with Crippen molar-refractivity contribution in [3.05, 3.63) is 40.8 Å². The third-order valence-corrected chi connectivity index (χ3v) is 3.03. The van der Waals surface area contributed by atoms with E-state index in [1.54, 1.807) is 18.3 Å². The third-order valence-electron chi connectivity index (χ3n) is 2.15. The van der Waals surface area contributed by atoms with Crippen LogP contribution in [-0.4, -0.2) is 19.9 Å². The lowest BCUT2D eigenvalue weighted by Crippen LogP contribution is -2.11. The monoisotopic (exact) mass is 325 g/mol. The van der Waals surface area contributed by atoms with Crippen LogP contribution in [0, 0.1) is 0 Å². The molecule has 0 atom stereocenters. The summed E-state index contributed by atoms with van der Waals surface area (Å²) < 4.78 is -0.387. The summed E-state index contributed by atoms with van der Waals surface area (Å²) >= 11 is 23.6. The van der Waals surface area contributed by atoms with Gasteiger partial charge in [-0.25, -0.2) is 9.67 Å². The van der Waals surface area contributed by atoms with Crippen molar-refractivity contribution in [2.75, 3.05) is 0 Å². The molecular formula is C10H7Cl4N3O. The van der Waals surface area contributed by atoms with Crippen LogP contribution in [0.1, 0.15) is 11.4 Å². The number of aliphatic hydroxyl groups excluding tert-OH is 1. The molecule has 18 heavy (non-hydrogen) atoms. The summed E-state index contributed by atoms with van der Waals surface area (Å²) in [4.78, 5) is 4.08. The van der Waals surface area contributed by atoms with Gasteiger partial charge in [-0.3, -0.25) is 0 Å². The molecule has 0 bridgehead atoms. The van der Waals surface area contributed by atoms with Gasteiger partial charge in [0, 0.05) is 6.20 Å². The summed E-state index contributed by atoms with van der Waals surface area (Å²) in [6, 6.07) is 4.81. The van der Waals surface area contributed by atoms with Gasteiger partial charge in [0.1, 0.15) is 0 Å². The maximum Gasteiger partial charge on any atom is 0.232 e. The first-order chi connectivity index (χ1) is 8.43. The number of nitrogens with zero attached hydrogens (tertiary/aromatic N) is 3. The fourth-order valence-corrected chi connectivity index (χ4v) is 2.01. The SMILES string of the molecule is OCc1cc(C(Cl)(Cl)Cl)n(-c2ncccc2Cl)n1. The third kappa shape index (κ3) is 2.73. The summed E-state index contributed by atoms with van der Waals surface area (Å²) in [5.74, 6) is 0.334. The highest BCUT2D eigenvalue weighted by molar-refractivity contribution is 6.66. The van der Waals surface area contributed by atoms with Crippen molar-refractivity contribution in [1.29, 1.82) is 0 Å². The fourth-order valence-electron chi connectivity index (χ4n) is 1.40. The molecule has 0 fully saturated rings. The van der Waals surface area contributed by atoms with E-state index < -0.39 is 3.79 Å². The Morgan fingerprint density at radius 1 is 1.33 bits per heavy atom. The topological polar surface area (TPSA) is 50.9 Å². The second-order valence-electron chi connectivity index (χ2n) is 3.40. The zero-order chi connectivity index (χ0) is 13.3. The highest BCUT2D eigenvalue weighted by Gasteiger charge is 2.30. The first-order valence-corrected chi connectivity index (χ1v) is 6.32. The van der Waals surface area contributed by atoms with Gasteiger partial charge in [0.25, 0.3) is 0 Å². The summed E-state index contributed by atoms with van der Waals surface area (Å²) in [6.07, 6.45) is 1.55. The van der Waals surface area contributed by atoms with Crippen molar-refractivity contribution in [3.8, 4) is 5.82 Å². The molecule has 0 saturated carbocycles. The first kappa shape index (κ1) is 13.9. The molecule has 2 heterocycles. The predicted octanol–water partition coefficient (Wildman–Crippen LogP) is 3.24. The highest BCUT2D eigenvalue weighted by Crippen LogP contribution is 2.39. The van der Waals surface area contributed by atoms with Gasteiger partial charge in [-0.1, -0.05) is 46.4 Å². The van der Waals surface area contributed by atoms with Crippen LogP contribution in [0.5, 0.6) is 0 Å². The fraction of sp³-hybridized carbons (Fsp3) is 0.200. The largest absolute Gasteiger partial charge is 0.390 e. The minimum absolute atomic E-state index is 0.261. The number of hydrogen-bond donors (Lipinski definition) is 1. The van der Waals surface area contributed by atoms with Gasteiger partial charge in [0.2, 0.25) is 3.79 Å². The van der Waals surface area contributed by atoms with Crippen molar-refractivity contribution in [3.63, 3.8) is 0 Å². The molecule has 0 aliphatic carbocycles. The number of aliphatic hydroxyl groups is 1. The molecule has 0 saturated heterocycles. The second-order valence-corrected chi connectivity index (χ2v) is 6.09. The normalized spacial score (nSPS) is 11.8. The van der Waals surface area contributed by atoms with Crippen LogP contribution in [0.15, 0.2) is 24.4 Å². The Morgan fingerprint density at radius 2 is 2.06 bits per heavy atom. The predicted molar refractivity (Wildman–Crippen MR) is 71.5 cm³/mol. The number of aromatic nitrogens is 3. The molecule has 8 heteroatoms. The number of halogens is 4. The lowest BCUT2D eigenvalue weighted by atomic mass is 10.4. The van der Waals surface area contributed by atoms with E-state index in [9.17, 15) is 0 Å². The average molecular weight is 327 g/mol. The molecule has 2 aromatic heterocycles. The Bertz CT molecular complexity index is 564.